The Kier molecular flexibility index (Phi) is 3.90. The average molecular weight is 308 g/mol. The topological polar surface area (TPSA) is 38.7 Å². The number of halogens is 2. The second-order valence-corrected chi connectivity index (χ2v) is 5.96. The Balaban J connectivity index is 2.03. The quantitative estimate of drug-likeness (QED) is 0.747. The summed E-state index contributed by atoms with van der Waals surface area (Å²) in [6.07, 6.45) is 6.41. The van der Waals surface area contributed by atoms with E-state index in [1.54, 1.807) is 6.20 Å². The predicted octanol–water partition coefficient (Wildman–Crippen LogP) is 4.81. The molecular formula is C15H15Cl2N3. The van der Waals surface area contributed by atoms with Crippen molar-refractivity contribution in [2.45, 2.75) is 38.5 Å². The lowest BCUT2D eigenvalue weighted by Gasteiger charge is -2.13. The molecule has 1 fully saturated rings. The van der Waals surface area contributed by atoms with Crippen LogP contribution in [0.1, 0.15) is 42.7 Å². The van der Waals surface area contributed by atoms with Crippen LogP contribution in [0.2, 0.25) is 10.3 Å². The molecule has 104 valence electrons. The van der Waals surface area contributed by atoms with Crippen molar-refractivity contribution < 1.29 is 0 Å². The fourth-order valence-electron chi connectivity index (χ4n) is 2.74. The molecule has 2 aromatic rings. The Labute approximate surface area is 128 Å². The maximum atomic E-state index is 6.34. The zero-order chi connectivity index (χ0) is 14.1. The van der Waals surface area contributed by atoms with Crippen molar-refractivity contribution in [3.05, 3.63) is 39.8 Å². The third-order valence-electron chi connectivity index (χ3n) is 3.76. The third-order valence-corrected chi connectivity index (χ3v) is 4.34. The number of nitrogens with zero attached hydrogens (tertiary/aromatic N) is 3. The van der Waals surface area contributed by atoms with Gasteiger partial charge in [-0.05, 0) is 43.4 Å². The summed E-state index contributed by atoms with van der Waals surface area (Å²) in [5.74, 6) is 0.889. The molecule has 0 amide bonds. The highest BCUT2D eigenvalue weighted by atomic mass is 35.5. The first-order valence-electron chi connectivity index (χ1n) is 6.81. The Morgan fingerprint density at radius 2 is 1.75 bits per heavy atom. The van der Waals surface area contributed by atoms with Crippen LogP contribution in [-0.4, -0.2) is 15.0 Å². The van der Waals surface area contributed by atoms with E-state index in [1.165, 1.54) is 12.8 Å². The van der Waals surface area contributed by atoms with Gasteiger partial charge in [-0.1, -0.05) is 36.0 Å². The number of hydrogen-bond donors (Lipinski definition) is 0. The molecule has 20 heavy (non-hydrogen) atoms. The zero-order valence-electron chi connectivity index (χ0n) is 11.2. The summed E-state index contributed by atoms with van der Waals surface area (Å²) in [4.78, 5) is 13.1. The second kappa shape index (κ2) is 5.66. The molecule has 0 radical (unpaired) electrons. The van der Waals surface area contributed by atoms with E-state index in [4.69, 9.17) is 23.2 Å². The van der Waals surface area contributed by atoms with Gasteiger partial charge in [-0.15, -0.1) is 0 Å². The lowest BCUT2D eigenvalue weighted by molar-refractivity contribution is 0.715. The van der Waals surface area contributed by atoms with Crippen LogP contribution < -0.4 is 0 Å². The molecule has 0 aliphatic heterocycles. The Bertz CT molecular complexity index is 614. The van der Waals surface area contributed by atoms with Crippen LogP contribution in [0.3, 0.4) is 0 Å². The molecule has 0 atom stereocenters. The minimum Gasteiger partial charge on any atom is -0.253 e. The van der Waals surface area contributed by atoms with E-state index in [0.29, 0.717) is 27.7 Å². The van der Waals surface area contributed by atoms with Gasteiger partial charge in [-0.3, -0.25) is 4.98 Å². The van der Waals surface area contributed by atoms with Gasteiger partial charge in [0.15, 0.2) is 5.82 Å². The first kappa shape index (κ1) is 13.8. The van der Waals surface area contributed by atoms with E-state index in [9.17, 15) is 0 Å². The highest BCUT2D eigenvalue weighted by molar-refractivity contribution is 6.34. The van der Waals surface area contributed by atoms with Gasteiger partial charge >= 0.3 is 0 Å². The Morgan fingerprint density at radius 3 is 2.35 bits per heavy atom. The minimum atomic E-state index is 0.398. The molecule has 1 saturated carbocycles. The first-order valence-corrected chi connectivity index (χ1v) is 7.56. The van der Waals surface area contributed by atoms with Crippen LogP contribution in [0.4, 0.5) is 0 Å². The van der Waals surface area contributed by atoms with Crippen LogP contribution in [0, 0.1) is 6.92 Å². The smallest absolute Gasteiger partial charge is 0.181 e. The summed E-state index contributed by atoms with van der Waals surface area (Å²) in [6.45, 7) is 2.00. The average Bonchev–Trinajstić information content (AvgIpc) is 2.91. The fraction of sp³-hybridized carbons (Fsp3) is 0.400. The molecule has 0 unspecified atom stereocenters. The molecule has 0 bridgehead atoms. The molecule has 0 saturated heterocycles. The number of aryl methyl sites for hydroxylation is 1. The van der Waals surface area contributed by atoms with Gasteiger partial charge in [0.2, 0.25) is 0 Å². The van der Waals surface area contributed by atoms with Crippen LogP contribution in [0.5, 0.6) is 0 Å². The van der Waals surface area contributed by atoms with Crippen molar-refractivity contribution in [2.75, 3.05) is 0 Å². The van der Waals surface area contributed by atoms with Gasteiger partial charge in [0.05, 0.1) is 0 Å². The molecule has 1 aliphatic rings. The van der Waals surface area contributed by atoms with Gasteiger partial charge in [0.25, 0.3) is 0 Å². The van der Waals surface area contributed by atoms with Crippen LogP contribution in [0.15, 0.2) is 18.3 Å². The van der Waals surface area contributed by atoms with Crippen LogP contribution in [0.25, 0.3) is 11.5 Å². The van der Waals surface area contributed by atoms with Gasteiger partial charge < -0.3 is 0 Å². The lowest BCUT2D eigenvalue weighted by Crippen LogP contribution is -2.02. The molecule has 1 aliphatic carbocycles. The van der Waals surface area contributed by atoms with Gasteiger partial charge in [-0.2, -0.15) is 0 Å². The van der Waals surface area contributed by atoms with E-state index in [2.05, 4.69) is 15.0 Å². The predicted molar refractivity (Wildman–Crippen MR) is 81.2 cm³/mol. The molecule has 3 nitrogen and oxygen atoms in total. The molecule has 0 spiro atoms. The summed E-state index contributed by atoms with van der Waals surface area (Å²) in [5.41, 5.74) is 2.71. The summed E-state index contributed by atoms with van der Waals surface area (Å²) >= 11 is 12.7. The van der Waals surface area contributed by atoms with E-state index in [-0.39, 0.29) is 0 Å². The van der Waals surface area contributed by atoms with Crippen molar-refractivity contribution in [2.24, 2.45) is 0 Å². The Morgan fingerprint density at radius 1 is 1.10 bits per heavy atom. The summed E-state index contributed by atoms with van der Waals surface area (Å²) in [5, 5.41) is 0.936. The molecule has 3 rings (SSSR count). The molecular weight excluding hydrogens is 293 g/mol. The normalized spacial score (nSPS) is 15.8. The zero-order valence-corrected chi connectivity index (χ0v) is 12.7. The van der Waals surface area contributed by atoms with Gasteiger partial charge in [-0.25, -0.2) is 9.97 Å². The lowest BCUT2D eigenvalue weighted by atomic mass is 10.0. The number of hydrogen-bond acceptors (Lipinski definition) is 3. The van der Waals surface area contributed by atoms with Crippen molar-refractivity contribution >= 4 is 23.2 Å². The van der Waals surface area contributed by atoms with Crippen molar-refractivity contribution in [1.29, 1.82) is 0 Å². The molecule has 0 aromatic carbocycles. The van der Waals surface area contributed by atoms with Gasteiger partial charge in [0.1, 0.15) is 16.0 Å². The molecule has 2 heterocycles. The highest BCUT2D eigenvalue weighted by Crippen LogP contribution is 2.40. The Hall–Kier alpha value is -1.19. The van der Waals surface area contributed by atoms with E-state index < -0.39 is 0 Å². The number of rotatable bonds is 2. The van der Waals surface area contributed by atoms with Crippen LogP contribution in [-0.2, 0) is 0 Å². The van der Waals surface area contributed by atoms with E-state index >= 15 is 0 Å². The number of aromatic nitrogens is 3. The van der Waals surface area contributed by atoms with Crippen LogP contribution >= 0.6 is 23.2 Å². The standard InChI is InChI=1S/C15H15Cl2N3/c1-9-6-7-18-11(8-9)15-19-13(16)12(14(17)20-15)10-4-2-3-5-10/h6-8,10H,2-5H2,1H3. The van der Waals surface area contributed by atoms with Crippen molar-refractivity contribution in [1.82, 2.24) is 15.0 Å². The van der Waals surface area contributed by atoms with E-state index in [1.807, 2.05) is 19.1 Å². The van der Waals surface area contributed by atoms with Crippen molar-refractivity contribution in [3.8, 4) is 11.5 Å². The monoisotopic (exact) mass is 307 g/mol. The van der Waals surface area contributed by atoms with Crippen molar-refractivity contribution in [3.63, 3.8) is 0 Å². The maximum Gasteiger partial charge on any atom is 0.181 e. The molecule has 2 aromatic heterocycles. The van der Waals surface area contributed by atoms with E-state index in [0.717, 1.165) is 24.0 Å². The summed E-state index contributed by atoms with van der Waals surface area (Å²) in [7, 11) is 0. The second-order valence-electron chi connectivity index (χ2n) is 5.24. The first-order chi connectivity index (χ1) is 9.65. The minimum absolute atomic E-state index is 0.398. The largest absolute Gasteiger partial charge is 0.253 e. The SMILES string of the molecule is Cc1ccnc(-c2nc(Cl)c(C3CCCC3)c(Cl)n2)c1. The summed E-state index contributed by atoms with van der Waals surface area (Å²) < 4.78 is 0. The maximum absolute atomic E-state index is 6.34. The summed E-state index contributed by atoms with van der Waals surface area (Å²) in [6, 6.07) is 3.86. The number of pyridine rings is 1. The molecule has 0 N–H and O–H groups in total. The third kappa shape index (κ3) is 2.65. The fourth-order valence-corrected chi connectivity index (χ4v) is 3.44. The highest BCUT2D eigenvalue weighted by Gasteiger charge is 2.24. The molecule has 5 heteroatoms. The van der Waals surface area contributed by atoms with Gasteiger partial charge in [0, 0.05) is 11.8 Å².